The second kappa shape index (κ2) is 11.0. The van der Waals surface area contributed by atoms with Crippen molar-refractivity contribution in [1.82, 2.24) is 14.9 Å². The Kier molecular flexibility index (Phi) is 7.64. The first-order valence-corrected chi connectivity index (χ1v) is 11.5. The highest BCUT2D eigenvalue weighted by Crippen LogP contribution is 2.24. The van der Waals surface area contributed by atoms with Crippen LogP contribution < -0.4 is 16.2 Å². The normalized spacial score (nSPS) is 11.7. The summed E-state index contributed by atoms with van der Waals surface area (Å²) < 4.78 is 29.3. The van der Waals surface area contributed by atoms with Gasteiger partial charge in [0, 0.05) is 29.1 Å². The van der Waals surface area contributed by atoms with Crippen LogP contribution in [0.25, 0.3) is 11.3 Å². The second-order valence-electron chi connectivity index (χ2n) is 8.42. The molecule has 1 unspecified atom stereocenters. The Balaban J connectivity index is 1.76. The number of likely N-dealkylation sites (N-methyl/N-ethyl adjacent to an activating group) is 1. The van der Waals surface area contributed by atoms with E-state index in [1.165, 1.54) is 53.4 Å². The van der Waals surface area contributed by atoms with Crippen molar-refractivity contribution in [2.75, 3.05) is 12.4 Å². The number of nitrogens with one attached hydrogen (secondary N) is 2. The zero-order valence-corrected chi connectivity index (χ0v) is 20.2. The van der Waals surface area contributed by atoms with Crippen LogP contribution in [0.15, 0.2) is 83.9 Å². The van der Waals surface area contributed by atoms with Gasteiger partial charge in [-0.25, -0.2) is 8.78 Å². The van der Waals surface area contributed by atoms with E-state index >= 15 is 0 Å². The van der Waals surface area contributed by atoms with Crippen molar-refractivity contribution < 1.29 is 18.4 Å². The van der Waals surface area contributed by atoms with Crippen LogP contribution in [0.2, 0.25) is 0 Å². The smallest absolute Gasteiger partial charge is 0.275 e. The predicted octanol–water partition coefficient (Wildman–Crippen LogP) is 4.01. The minimum Gasteiger partial charge on any atom is -0.320 e. The zero-order chi connectivity index (χ0) is 26.5. The van der Waals surface area contributed by atoms with Crippen molar-refractivity contribution in [2.24, 2.45) is 0 Å². The Labute approximate surface area is 211 Å². The molecule has 9 heteroatoms. The van der Waals surface area contributed by atoms with E-state index in [0.29, 0.717) is 5.56 Å². The molecule has 0 bridgehead atoms. The number of ketones is 1. The quantitative estimate of drug-likeness (QED) is 0.355. The Morgan fingerprint density at radius 1 is 0.973 bits per heavy atom. The fraction of sp³-hybridized carbons (Fsp3) is 0.143. The Morgan fingerprint density at radius 3 is 2.41 bits per heavy atom. The summed E-state index contributed by atoms with van der Waals surface area (Å²) in [6.45, 7) is 1.60. The molecule has 0 fully saturated rings. The summed E-state index contributed by atoms with van der Waals surface area (Å²) in [7, 11) is 1.62. The third-order valence-corrected chi connectivity index (χ3v) is 5.91. The first-order chi connectivity index (χ1) is 17.8. The van der Waals surface area contributed by atoms with Gasteiger partial charge in [-0.2, -0.15) is 0 Å². The maximum atomic E-state index is 14.7. The van der Waals surface area contributed by atoms with Crippen LogP contribution in [0, 0.1) is 11.6 Å². The standard InChI is InChI=1S/C28H24F2N4O3/c1-17(31-2)27(36)33-24-11-12-25(22-5-3-4-6-23(22)30)34(28(24)37)16-18-13-20(15-32-14-18)26(35)19-7-9-21(29)10-8-19/h3-15,17,31H,16H2,1-2H3,(H,33,36). The third kappa shape index (κ3) is 5.68. The van der Waals surface area contributed by atoms with Crippen molar-refractivity contribution >= 4 is 17.4 Å². The van der Waals surface area contributed by atoms with Crippen molar-refractivity contribution in [3.8, 4) is 11.3 Å². The maximum absolute atomic E-state index is 14.7. The molecule has 2 N–H and O–H groups in total. The predicted molar refractivity (Wildman–Crippen MR) is 136 cm³/mol. The molecule has 7 nitrogen and oxygen atoms in total. The number of hydrogen-bond donors (Lipinski definition) is 2. The van der Waals surface area contributed by atoms with Gasteiger partial charge >= 0.3 is 0 Å². The summed E-state index contributed by atoms with van der Waals surface area (Å²) in [5.74, 6) is -1.74. The van der Waals surface area contributed by atoms with Crippen LogP contribution in [0.1, 0.15) is 28.4 Å². The fourth-order valence-electron chi connectivity index (χ4n) is 3.76. The molecule has 188 valence electrons. The minimum atomic E-state index is -0.548. The molecule has 2 heterocycles. The van der Waals surface area contributed by atoms with Crippen LogP contribution in [-0.2, 0) is 11.3 Å². The molecule has 0 aliphatic heterocycles. The molecule has 2 aromatic heterocycles. The van der Waals surface area contributed by atoms with Crippen molar-refractivity contribution in [3.05, 3.63) is 118 Å². The Hall–Kier alpha value is -4.50. The first-order valence-electron chi connectivity index (χ1n) is 11.5. The number of halogens is 2. The van der Waals surface area contributed by atoms with Gasteiger partial charge in [-0.05, 0) is 74.1 Å². The van der Waals surface area contributed by atoms with Gasteiger partial charge in [-0.1, -0.05) is 12.1 Å². The molecule has 1 atom stereocenters. The fourth-order valence-corrected chi connectivity index (χ4v) is 3.76. The van der Waals surface area contributed by atoms with Gasteiger partial charge in [-0.15, -0.1) is 0 Å². The van der Waals surface area contributed by atoms with Gasteiger partial charge in [0.15, 0.2) is 5.78 Å². The number of nitrogens with zero attached hydrogens (tertiary/aromatic N) is 2. The van der Waals surface area contributed by atoms with Gasteiger partial charge in [0.1, 0.15) is 17.3 Å². The van der Waals surface area contributed by atoms with E-state index < -0.39 is 29.1 Å². The Bertz CT molecular complexity index is 1520. The minimum absolute atomic E-state index is 0.0266. The molecule has 0 aliphatic rings. The van der Waals surface area contributed by atoms with E-state index in [0.717, 1.165) is 0 Å². The summed E-state index contributed by atoms with van der Waals surface area (Å²) in [5, 5.41) is 5.41. The summed E-state index contributed by atoms with van der Waals surface area (Å²) in [6.07, 6.45) is 2.87. The molecule has 0 aliphatic carbocycles. The van der Waals surface area contributed by atoms with Crippen LogP contribution in [0.3, 0.4) is 0 Å². The number of rotatable bonds is 8. The van der Waals surface area contributed by atoms with E-state index in [1.807, 2.05) is 0 Å². The lowest BCUT2D eigenvalue weighted by Gasteiger charge is -2.17. The molecule has 4 aromatic rings. The van der Waals surface area contributed by atoms with E-state index in [1.54, 1.807) is 44.3 Å². The highest BCUT2D eigenvalue weighted by molar-refractivity contribution is 6.08. The topological polar surface area (TPSA) is 93.1 Å². The molecule has 4 rings (SSSR count). The van der Waals surface area contributed by atoms with Gasteiger partial charge in [0.25, 0.3) is 5.56 Å². The molecule has 2 aromatic carbocycles. The molecule has 0 spiro atoms. The largest absolute Gasteiger partial charge is 0.320 e. The molecule has 0 saturated heterocycles. The van der Waals surface area contributed by atoms with Crippen LogP contribution in [0.4, 0.5) is 14.5 Å². The van der Waals surface area contributed by atoms with Crippen LogP contribution in [-0.4, -0.2) is 34.3 Å². The highest BCUT2D eigenvalue weighted by atomic mass is 19.1. The van der Waals surface area contributed by atoms with Gasteiger partial charge < -0.3 is 15.2 Å². The molecular weight excluding hydrogens is 478 g/mol. The van der Waals surface area contributed by atoms with E-state index in [2.05, 4.69) is 15.6 Å². The first kappa shape index (κ1) is 25.6. The van der Waals surface area contributed by atoms with Crippen LogP contribution in [0.5, 0.6) is 0 Å². The number of carbonyl (C=O) groups excluding carboxylic acids is 2. The lowest BCUT2D eigenvalue weighted by atomic mass is 10.0. The van der Waals surface area contributed by atoms with Gasteiger partial charge in [0.2, 0.25) is 5.91 Å². The SMILES string of the molecule is CNC(C)C(=O)Nc1ccc(-c2ccccc2F)n(Cc2cncc(C(=O)c3ccc(F)cc3)c2)c1=O. The summed E-state index contributed by atoms with van der Waals surface area (Å²) in [5.41, 5.74) is 1.00. The molecule has 1 amide bonds. The molecular formula is C28H24F2N4O3. The number of hydrogen-bond acceptors (Lipinski definition) is 5. The van der Waals surface area contributed by atoms with Gasteiger partial charge in [0.05, 0.1) is 18.3 Å². The zero-order valence-electron chi connectivity index (χ0n) is 20.2. The molecule has 0 radical (unpaired) electrons. The lowest BCUT2D eigenvalue weighted by molar-refractivity contribution is -0.117. The van der Waals surface area contributed by atoms with Crippen LogP contribution >= 0.6 is 0 Å². The van der Waals surface area contributed by atoms with E-state index in [9.17, 15) is 23.2 Å². The highest BCUT2D eigenvalue weighted by Gasteiger charge is 2.18. The number of anilines is 1. The van der Waals surface area contributed by atoms with E-state index in [-0.39, 0.29) is 40.4 Å². The average Bonchev–Trinajstić information content (AvgIpc) is 2.91. The third-order valence-electron chi connectivity index (χ3n) is 5.91. The van der Waals surface area contributed by atoms with Crippen molar-refractivity contribution in [2.45, 2.75) is 19.5 Å². The number of aromatic nitrogens is 2. The summed E-state index contributed by atoms with van der Waals surface area (Å²) in [6, 6.07) is 15.2. The van der Waals surface area contributed by atoms with E-state index in [4.69, 9.17) is 0 Å². The molecule has 37 heavy (non-hydrogen) atoms. The maximum Gasteiger partial charge on any atom is 0.275 e. The number of carbonyl (C=O) groups is 2. The number of amides is 1. The average molecular weight is 503 g/mol. The van der Waals surface area contributed by atoms with Crippen molar-refractivity contribution in [1.29, 1.82) is 0 Å². The summed E-state index contributed by atoms with van der Waals surface area (Å²) in [4.78, 5) is 42.9. The second-order valence-corrected chi connectivity index (χ2v) is 8.42. The molecule has 0 saturated carbocycles. The lowest BCUT2D eigenvalue weighted by Crippen LogP contribution is -2.37. The summed E-state index contributed by atoms with van der Waals surface area (Å²) >= 11 is 0. The van der Waals surface area contributed by atoms with Crippen molar-refractivity contribution in [3.63, 3.8) is 0 Å². The number of pyridine rings is 2. The monoisotopic (exact) mass is 502 g/mol. The number of benzene rings is 2. The Morgan fingerprint density at radius 2 is 1.70 bits per heavy atom. The van der Waals surface area contributed by atoms with Gasteiger partial charge in [-0.3, -0.25) is 19.4 Å².